The van der Waals surface area contributed by atoms with Gasteiger partial charge in [0.25, 0.3) is 5.91 Å². The molecule has 9 nitrogen and oxygen atoms in total. The number of urea groups is 1. The fourth-order valence-electron chi connectivity index (χ4n) is 3.66. The summed E-state index contributed by atoms with van der Waals surface area (Å²) in [6.45, 7) is 2.09. The fourth-order valence-corrected chi connectivity index (χ4v) is 4.83. The zero-order chi connectivity index (χ0) is 26.5. The highest BCUT2D eigenvalue weighted by Gasteiger charge is 2.15. The highest BCUT2D eigenvalue weighted by atomic mass is 35.5. The van der Waals surface area contributed by atoms with E-state index >= 15 is 0 Å². The lowest BCUT2D eigenvalue weighted by molar-refractivity contribution is 0.102. The van der Waals surface area contributed by atoms with Gasteiger partial charge in [0.2, 0.25) is 5.75 Å². The van der Waals surface area contributed by atoms with Gasteiger partial charge < -0.3 is 24.8 Å². The molecule has 0 saturated carbocycles. The van der Waals surface area contributed by atoms with E-state index in [0.29, 0.717) is 44.2 Å². The van der Waals surface area contributed by atoms with Crippen LogP contribution in [-0.4, -0.2) is 38.3 Å². The number of carbonyl (C=O) groups excluding carboxylic acids is 2. The summed E-state index contributed by atoms with van der Waals surface area (Å²) in [5, 5.41) is 9.26. The molecule has 3 amide bonds. The average Bonchev–Trinajstić information content (AvgIpc) is 3.30. The van der Waals surface area contributed by atoms with Crippen molar-refractivity contribution in [2.75, 3.05) is 32.0 Å². The minimum Gasteiger partial charge on any atom is -0.493 e. The number of halogens is 1. The molecular formula is C26H25ClN4O5S. The Morgan fingerprint density at radius 1 is 0.973 bits per heavy atom. The van der Waals surface area contributed by atoms with Crippen LogP contribution in [0.15, 0.2) is 48.5 Å². The number of hydrogen-bond acceptors (Lipinski definition) is 7. The number of thiazole rings is 1. The Morgan fingerprint density at radius 2 is 1.70 bits per heavy atom. The topological polar surface area (TPSA) is 111 Å². The smallest absolute Gasteiger partial charge is 0.321 e. The number of carbonyl (C=O) groups is 2. The van der Waals surface area contributed by atoms with Crippen molar-refractivity contribution in [2.45, 2.75) is 13.5 Å². The van der Waals surface area contributed by atoms with Crippen molar-refractivity contribution in [1.29, 1.82) is 0 Å². The molecule has 3 aromatic carbocycles. The van der Waals surface area contributed by atoms with Gasteiger partial charge in [0, 0.05) is 12.1 Å². The van der Waals surface area contributed by atoms with Gasteiger partial charge in [-0.15, -0.1) is 0 Å². The Bertz CT molecular complexity index is 1430. The minimum absolute atomic E-state index is 0.221. The Morgan fingerprint density at radius 3 is 2.35 bits per heavy atom. The summed E-state index contributed by atoms with van der Waals surface area (Å²) >= 11 is 7.49. The number of anilines is 2. The first-order valence-electron chi connectivity index (χ1n) is 11.1. The first-order chi connectivity index (χ1) is 17.8. The molecule has 192 valence electrons. The maximum atomic E-state index is 12.8. The highest BCUT2D eigenvalue weighted by molar-refractivity contribution is 7.22. The molecule has 0 unspecified atom stereocenters. The Kier molecular flexibility index (Phi) is 8.00. The lowest BCUT2D eigenvalue weighted by atomic mass is 10.1. The second kappa shape index (κ2) is 11.4. The lowest BCUT2D eigenvalue weighted by Crippen LogP contribution is -2.28. The van der Waals surface area contributed by atoms with Crippen LogP contribution < -0.4 is 30.2 Å². The van der Waals surface area contributed by atoms with Gasteiger partial charge in [-0.05, 0) is 54.4 Å². The third-order valence-electron chi connectivity index (χ3n) is 5.51. The van der Waals surface area contributed by atoms with Crippen molar-refractivity contribution in [3.8, 4) is 17.2 Å². The quantitative estimate of drug-likeness (QED) is 0.258. The number of rotatable bonds is 8. The summed E-state index contributed by atoms with van der Waals surface area (Å²) < 4.78 is 16.8. The van der Waals surface area contributed by atoms with Gasteiger partial charge in [-0.2, -0.15) is 0 Å². The summed E-state index contributed by atoms with van der Waals surface area (Å²) in [5.41, 5.74) is 3.32. The summed E-state index contributed by atoms with van der Waals surface area (Å²) in [6, 6.07) is 13.7. The molecule has 0 spiro atoms. The largest absolute Gasteiger partial charge is 0.493 e. The van der Waals surface area contributed by atoms with Crippen molar-refractivity contribution in [3.05, 3.63) is 70.2 Å². The van der Waals surface area contributed by atoms with Crippen molar-refractivity contribution in [3.63, 3.8) is 0 Å². The number of ether oxygens (including phenoxy) is 3. The van der Waals surface area contributed by atoms with Gasteiger partial charge in [0.15, 0.2) is 16.6 Å². The number of fused-ring (bicyclic) bond motifs is 1. The van der Waals surface area contributed by atoms with Gasteiger partial charge in [-0.25, -0.2) is 9.78 Å². The number of hydrogen-bond donors (Lipinski definition) is 3. The van der Waals surface area contributed by atoms with Gasteiger partial charge in [0.1, 0.15) is 0 Å². The van der Waals surface area contributed by atoms with Crippen LogP contribution in [0.2, 0.25) is 5.02 Å². The average molecular weight is 541 g/mol. The highest BCUT2D eigenvalue weighted by Crippen LogP contribution is 2.38. The Hall–Kier alpha value is -4.02. The van der Waals surface area contributed by atoms with Crippen LogP contribution >= 0.6 is 22.9 Å². The lowest BCUT2D eigenvalue weighted by Gasteiger charge is -2.14. The van der Waals surface area contributed by atoms with Crippen molar-refractivity contribution >= 4 is 55.9 Å². The molecule has 4 aromatic rings. The molecule has 0 radical (unpaired) electrons. The third-order valence-corrected chi connectivity index (χ3v) is 6.76. The standard InChI is InChI=1S/C26H25ClN4O5S/c1-14-6-5-7-17(27)22(14)30-24(32)16-8-9-18-21(12-16)37-26(29-18)31-25(33)28-13-15-10-19(34-2)23(36-4)20(11-15)35-3/h5-12H,13H2,1-4H3,(H,30,32)(H2,28,29,31,33). The van der Waals surface area contributed by atoms with Crippen LogP contribution in [0.25, 0.3) is 10.2 Å². The number of aryl methyl sites for hydroxylation is 1. The van der Waals surface area contributed by atoms with Crippen LogP contribution in [-0.2, 0) is 6.54 Å². The van der Waals surface area contributed by atoms with E-state index in [0.717, 1.165) is 15.8 Å². The van der Waals surface area contributed by atoms with E-state index in [2.05, 4.69) is 20.9 Å². The number of aromatic nitrogens is 1. The second-order valence-corrected chi connectivity index (χ2v) is 9.37. The predicted octanol–water partition coefficient (Wildman–Crippen LogP) is 5.86. The summed E-state index contributed by atoms with van der Waals surface area (Å²) in [5.74, 6) is 1.18. The molecule has 37 heavy (non-hydrogen) atoms. The molecule has 11 heteroatoms. The van der Waals surface area contributed by atoms with Crippen molar-refractivity contribution < 1.29 is 23.8 Å². The van der Waals surface area contributed by atoms with Gasteiger partial charge in [-0.1, -0.05) is 35.1 Å². The number of para-hydroxylation sites is 1. The number of amides is 3. The van der Waals surface area contributed by atoms with E-state index in [1.54, 1.807) is 36.4 Å². The first-order valence-corrected chi connectivity index (χ1v) is 12.3. The molecule has 0 aliphatic rings. The summed E-state index contributed by atoms with van der Waals surface area (Å²) in [7, 11) is 4.58. The van der Waals surface area contributed by atoms with E-state index in [9.17, 15) is 9.59 Å². The zero-order valence-electron chi connectivity index (χ0n) is 20.6. The number of methoxy groups -OCH3 is 3. The molecule has 0 saturated heterocycles. The van der Waals surface area contributed by atoms with E-state index in [1.165, 1.54) is 32.7 Å². The second-order valence-electron chi connectivity index (χ2n) is 7.93. The normalized spacial score (nSPS) is 10.6. The van der Waals surface area contributed by atoms with E-state index in [1.807, 2.05) is 19.1 Å². The molecular weight excluding hydrogens is 516 g/mol. The molecule has 4 rings (SSSR count). The van der Waals surface area contributed by atoms with Crippen LogP contribution in [0.1, 0.15) is 21.5 Å². The van der Waals surface area contributed by atoms with E-state index < -0.39 is 6.03 Å². The van der Waals surface area contributed by atoms with Crippen LogP contribution in [0.5, 0.6) is 17.2 Å². The molecule has 0 atom stereocenters. The summed E-state index contributed by atoms with van der Waals surface area (Å²) in [6.07, 6.45) is 0. The predicted molar refractivity (Wildman–Crippen MR) is 146 cm³/mol. The fraction of sp³-hybridized carbons (Fsp3) is 0.192. The number of nitrogens with one attached hydrogen (secondary N) is 3. The van der Waals surface area contributed by atoms with E-state index in [4.69, 9.17) is 25.8 Å². The number of benzene rings is 3. The molecule has 3 N–H and O–H groups in total. The van der Waals surface area contributed by atoms with Crippen molar-refractivity contribution in [1.82, 2.24) is 10.3 Å². The third kappa shape index (κ3) is 5.87. The maximum Gasteiger partial charge on any atom is 0.321 e. The number of nitrogens with zero attached hydrogens (tertiary/aromatic N) is 1. The van der Waals surface area contributed by atoms with Crippen LogP contribution in [0.3, 0.4) is 0 Å². The van der Waals surface area contributed by atoms with Gasteiger partial charge in [0.05, 0.1) is 42.3 Å². The van der Waals surface area contributed by atoms with Gasteiger partial charge >= 0.3 is 6.03 Å². The summed E-state index contributed by atoms with van der Waals surface area (Å²) in [4.78, 5) is 29.8. The molecule has 1 heterocycles. The van der Waals surface area contributed by atoms with Crippen LogP contribution in [0, 0.1) is 6.92 Å². The zero-order valence-corrected chi connectivity index (χ0v) is 22.2. The maximum absolute atomic E-state index is 12.8. The Labute approximate surface area is 222 Å². The van der Waals surface area contributed by atoms with Crippen molar-refractivity contribution in [2.24, 2.45) is 0 Å². The first kappa shape index (κ1) is 26.1. The molecule has 0 fully saturated rings. The van der Waals surface area contributed by atoms with Crippen LogP contribution in [0.4, 0.5) is 15.6 Å². The molecule has 0 bridgehead atoms. The SMILES string of the molecule is COc1cc(CNC(=O)Nc2nc3ccc(C(=O)Nc4c(C)cccc4Cl)cc3s2)cc(OC)c1OC. The minimum atomic E-state index is -0.431. The van der Waals surface area contributed by atoms with Gasteiger partial charge in [-0.3, -0.25) is 10.1 Å². The molecule has 1 aromatic heterocycles. The molecule has 0 aliphatic heterocycles. The monoisotopic (exact) mass is 540 g/mol. The molecule has 0 aliphatic carbocycles. The van der Waals surface area contributed by atoms with E-state index in [-0.39, 0.29) is 12.5 Å². The Balaban J connectivity index is 1.42.